The third-order valence-electron chi connectivity index (χ3n) is 2.59. The lowest BCUT2D eigenvalue weighted by atomic mass is 10.2. The first-order chi connectivity index (χ1) is 8.65. The number of nitriles is 1. The highest BCUT2D eigenvalue weighted by Crippen LogP contribution is 2.05. The van der Waals surface area contributed by atoms with Crippen LogP contribution >= 0.6 is 0 Å². The van der Waals surface area contributed by atoms with Crippen LogP contribution in [0, 0.1) is 11.3 Å². The first-order valence-electron chi connectivity index (χ1n) is 6.06. The van der Waals surface area contributed by atoms with Gasteiger partial charge in [-0.3, -0.25) is 4.79 Å². The minimum absolute atomic E-state index is 0.0518. The summed E-state index contributed by atoms with van der Waals surface area (Å²) in [6, 6.07) is 11.9. The molecule has 0 unspecified atom stereocenters. The quantitative estimate of drug-likeness (QED) is 0.745. The Bertz CT molecular complexity index is 443. The van der Waals surface area contributed by atoms with E-state index in [2.05, 4.69) is 6.07 Å². The minimum Gasteiger partial charge on any atom is -0.336 e. The molecule has 0 aliphatic rings. The van der Waals surface area contributed by atoms with E-state index in [1.807, 2.05) is 44.2 Å². The van der Waals surface area contributed by atoms with Crippen molar-refractivity contribution in [2.45, 2.75) is 26.3 Å². The first-order valence-corrected chi connectivity index (χ1v) is 6.06. The molecule has 0 heterocycles. The lowest BCUT2D eigenvalue weighted by Crippen LogP contribution is -2.36. The van der Waals surface area contributed by atoms with Gasteiger partial charge in [-0.15, -0.1) is 0 Å². The fourth-order valence-electron chi connectivity index (χ4n) is 1.62. The summed E-state index contributed by atoms with van der Waals surface area (Å²) in [4.78, 5) is 13.7. The van der Waals surface area contributed by atoms with Gasteiger partial charge in [0.15, 0.2) is 0 Å². The molecule has 0 saturated heterocycles. The molecule has 0 aromatic heterocycles. The average Bonchev–Trinajstić information content (AvgIpc) is 2.37. The predicted octanol–water partition coefficient (Wildman–Crippen LogP) is 2.85. The highest BCUT2D eigenvalue weighted by molar-refractivity contribution is 5.91. The maximum absolute atomic E-state index is 12.0. The summed E-state index contributed by atoms with van der Waals surface area (Å²) in [7, 11) is 0. The first kappa shape index (κ1) is 14.0. The van der Waals surface area contributed by atoms with E-state index in [-0.39, 0.29) is 11.9 Å². The second-order valence-electron chi connectivity index (χ2n) is 4.28. The van der Waals surface area contributed by atoms with Crippen LogP contribution in [0.4, 0.5) is 0 Å². The Hall–Kier alpha value is -2.08. The highest BCUT2D eigenvalue weighted by Gasteiger charge is 2.13. The molecule has 3 heteroatoms. The summed E-state index contributed by atoms with van der Waals surface area (Å²) >= 11 is 0. The van der Waals surface area contributed by atoms with Gasteiger partial charge in [0.25, 0.3) is 0 Å². The van der Waals surface area contributed by atoms with Gasteiger partial charge in [-0.25, -0.2) is 0 Å². The van der Waals surface area contributed by atoms with Crippen molar-refractivity contribution in [3.63, 3.8) is 0 Å². The lowest BCUT2D eigenvalue weighted by molar-refractivity contribution is -0.127. The Balaban J connectivity index is 2.67. The van der Waals surface area contributed by atoms with E-state index in [0.717, 1.165) is 5.56 Å². The molecule has 0 fully saturated rings. The van der Waals surface area contributed by atoms with Gasteiger partial charge in [0.1, 0.15) is 0 Å². The van der Waals surface area contributed by atoms with Crippen LogP contribution < -0.4 is 0 Å². The van der Waals surface area contributed by atoms with Gasteiger partial charge < -0.3 is 4.90 Å². The van der Waals surface area contributed by atoms with E-state index in [4.69, 9.17) is 5.26 Å². The Morgan fingerprint density at radius 2 is 2.06 bits per heavy atom. The number of carbonyl (C=O) groups is 1. The van der Waals surface area contributed by atoms with Crippen LogP contribution in [0.1, 0.15) is 25.8 Å². The summed E-state index contributed by atoms with van der Waals surface area (Å²) in [6.07, 6.45) is 3.72. The molecule has 0 bridgehead atoms. The van der Waals surface area contributed by atoms with Crippen LogP contribution in [-0.2, 0) is 4.79 Å². The summed E-state index contributed by atoms with van der Waals surface area (Å²) < 4.78 is 0. The Morgan fingerprint density at radius 1 is 1.39 bits per heavy atom. The second-order valence-corrected chi connectivity index (χ2v) is 4.28. The van der Waals surface area contributed by atoms with Crippen molar-refractivity contribution in [3.05, 3.63) is 42.0 Å². The van der Waals surface area contributed by atoms with Crippen molar-refractivity contribution in [2.24, 2.45) is 0 Å². The van der Waals surface area contributed by atoms with Crippen LogP contribution in [0.25, 0.3) is 6.08 Å². The summed E-state index contributed by atoms with van der Waals surface area (Å²) in [5.74, 6) is -0.0518. The smallest absolute Gasteiger partial charge is 0.246 e. The van der Waals surface area contributed by atoms with Gasteiger partial charge in [-0.2, -0.15) is 5.26 Å². The Labute approximate surface area is 108 Å². The largest absolute Gasteiger partial charge is 0.336 e. The summed E-state index contributed by atoms with van der Waals surface area (Å²) in [5.41, 5.74) is 0.995. The minimum atomic E-state index is -0.0518. The maximum atomic E-state index is 12.0. The van der Waals surface area contributed by atoms with E-state index in [0.29, 0.717) is 13.0 Å². The fourth-order valence-corrected chi connectivity index (χ4v) is 1.62. The van der Waals surface area contributed by atoms with Gasteiger partial charge in [-0.1, -0.05) is 30.3 Å². The molecule has 94 valence electrons. The number of benzene rings is 1. The number of carbonyl (C=O) groups excluding carboxylic acids is 1. The number of rotatable bonds is 5. The maximum Gasteiger partial charge on any atom is 0.246 e. The van der Waals surface area contributed by atoms with Gasteiger partial charge in [0.05, 0.1) is 12.5 Å². The molecule has 0 saturated carbocycles. The molecule has 0 spiro atoms. The number of amides is 1. The Morgan fingerprint density at radius 3 is 2.61 bits per heavy atom. The molecule has 0 aliphatic carbocycles. The molecule has 18 heavy (non-hydrogen) atoms. The number of hydrogen-bond donors (Lipinski definition) is 0. The van der Waals surface area contributed by atoms with E-state index < -0.39 is 0 Å². The van der Waals surface area contributed by atoms with Crippen molar-refractivity contribution in [2.75, 3.05) is 6.54 Å². The SMILES string of the molecule is CC(C)N(CCC#N)C(=O)/C=C/c1ccccc1. The Kier molecular flexibility index (Phi) is 5.66. The molecular weight excluding hydrogens is 224 g/mol. The third kappa shape index (κ3) is 4.42. The zero-order valence-corrected chi connectivity index (χ0v) is 10.8. The van der Waals surface area contributed by atoms with Crippen molar-refractivity contribution in [1.29, 1.82) is 5.26 Å². The monoisotopic (exact) mass is 242 g/mol. The van der Waals surface area contributed by atoms with Crippen molar-refractivity contribution in [3.8, 4) is 6.07 Å². The number of nitrogens with zero attached hydrogens (tertiary/aromatic N) is 2. The van der Waals surface area contributed by atoms with Gasteiger partial charge in [-0.05, 0) is 25.5 Å². The molecule has 1 aromatic carbocycles. The van der Waals surface area contributed by atoms with E-state index in [1.165, 1.54) is 0 Å². The van der Waals surface area contributed by atoms with E-state index >= 15 is 0 Å². The molecule has 0 atom stereocenters. The van der Waals surface area contributed by atoms with Gasteiger partial charge in [0.2, 0.25) is 5.91 Å². The predicted molar refractivity (Wildman–Crippen MR) is 72.6 cm³/mol. The van der Waals surface area contributed by atoms with Crippen molar-refractivity contribution in [1.82, 2.24) is 4.90 Å². The van der Waals surface area contributed by atoms with Crippen LogP contribution in [0.3, 0.4) is 0 Å². The van der Waals surface area contributed by atoms with Crippen LogP contribution in [0.15, 0.2) is 36.4 Å². The zero-order chi connectivity index (χ0) is 13.4. The van der Waals surface area contributed by atoms with E-state index in [1.54, 1.807) is 17.1 Å². The van der Waals surface area contributed by atoms with Crippen LogP contribution in [-0.4, -0.2) is 23.4 Å². The second kappa shape index (κ2) is 7.29. The van der Waals surface area contributed by atoms with Crippen molar-refractivity contribution < 1.29 is 4.79 Å². The summed E-state index contributed by atoms with van der Waals surface area (Å²) in [5, 5.41) is 8.58. The lowest BCUT2D eigenvalue weighted by Gasteiger charge is -2.24. The molecule has 1 amide bonds. The molecule has 1 rings (SSSR count). The van der Waals surface area contributed by atoms with E-state index in [9.17, 15) is 4.79 Å². The molecular formula is C15H18N2O. The molecule has 1 aromatic rings. The van der Waals surface area contributed by atoms with Crippen molar-refractivity contribution >= 4 is 12.0 Å². The third-order valence-corrected chi connectivity index (χ3v) is 2.59. The van der Waals surface area contributed by atoms with Gasteiger partial charge in [0, 0.05) is 18.7 Å². The fraction of sp³-hybridized carbons (Fsp3) is 0.333. The molecule has 0 radical (unpaired) electrons. The van der Waals surface area contributed by atoms with Crippen LogP contribution in [0.5, 0.6) is 0 Å². The highest BCUT2D eigenvalue weighted by atomic mass is 16.2. The standard InChI is InChI=1S/C15H18N2O/c1-13(2)17(12-6-11-16)15(18)10-9-14-7-4-3-5-8-14/h3-5,7-10,13H,6,12H2,1-2H3/b10-9+. The molecule has 0 aliphatic heterocycles. The summed E-state index contributed by atoms with van der Waals surface area (Å²) in [6.45, 7) is 4.38. The van der Waals surface area contributed by atoms with Crippen LogP contribution in [0.2, 0.25) is 0 Å². The normalized spacial score (nSPS) is 10.6. The number of hydrogen-bond acceptors (Lipinski definition) is 2. The molecule has 3 nitrogen and oxygen atoms in total. The zero-order valence-electron chi connectivity index (χ0n) is 10.8. The average molecular weight is 242 g/mol. The van der Waals surface area contributed by atoms with Gasteiger partial charge >= 0.3 is 0 Å². The molecule has 0 N–H and O–H groups in total. The topological polar surface area (TPSA) is 44.1 Å².